The molecular formula is C21H33NO4. The number of likely N-dealkylation sites (tertiary alicyclic amines) is 1. The fraction of sp³-hybridized carbons (Fsp3) is 0.667. The Morgan fingerprint density at radius 1 is 1.31 bits per heavy atom. The van der Waals surface area contributed by atoms with Crippen LogP contribution < -0.4 is 4.74 Å². The largest absolute Gasteiger partial charge is 0.509 e. The second-order valence-corrected chi connectivity index (χ2v) is 8.56. The van der Waals surface area contributed by atoms with Gasteiger partial charge in [-0.2, -0.15) is 0 Å². The Morgan fingerprint density at radius 3 is 2.58 bits per heavy atom. The van der Waals surface area contributed by atoms with E-state index in [0.29, 0.717) is 0 Å². The third kappa shape index (κ3) is 5.13. The summed E-state index contributed by atoms with van der Waals surface area (Å²) in [6.45, 7) is 13.3. The van der Waals surface area contributed by atoms with Gasteiger partial charge in [-0.15, -0.1) is 0 Å². The molecule has 0 N–H and O–H groups in total. The molecule has 1 fully saturated rings. The smallest absolute Gasteiger partial charge is 0.491 e. The molecule has 2 unspecified atom stereocenters. The number of carbonyl (C=O) groups excluding carboxylic acids is 1. The number of ether oxygens (including phenoxy) is 3. The second kappa shape index (κ2) is 7.87. The summed E-state index contributed by atoms with van der Waals surface area (Å²) in [7, 11) is 2.09. The number of piperidine rings is 1. The Labute approximate surface area is 157 Å². The van der Waals surface area contributed by atoms with Crippen molar-refractivity contribution in [2.75, 3.05) is 20.1 Å². The molecule has 0 radical (unpaired) electrons. The molecular weight excluding hydrogens is 330 g/mol. The van der Waals surface area contributed by atoms with Crippen LogP contribution in [-0.4, -0.2) is 42.9 Å². The summed E-state index contributed by atoms with van der Waals surface area (Å²) in [5.74, 6) is 0.916. The van der Waals surface area contributed by atoms with Gasteiger partial charge in [0.2, 0.25) is 0 Å². The van der Waals surface area contributed by atoms with Crippen LogP contribution in [-0.2, 0) is 15.1 Å². The van der Waals surface area contributed by atoms with Crippen molar-refractivity contribution in [1.29, 1.82) is 0 Å². The van der Waals surface area contributed by atoms with Crippen LogP contribution in [0.1, 0.15) is 53.5 Å². The zero-order valence-electron chi connectivity index (χ0n) is 17.2. The molecule has 5 heteroatoms. The van der Waals surface area contributed by atoms with E-state index < -0.39 is 17.4 Å². The molecule has 2 atom stereocenters. The highest BCUT2D eigenvalue weighted by molar-refractivity contribution is 5.62. The van der Waals surface area contributed by atoms with Crippen LogP contribution >= 0.6 is 0 Å². The third-order valence-electron chi connectivity index (χ3n) is 4.60. The molecule has 1 heterocycles. The molecule has 1 aromatic rings. The van der Waals surface area contributed by atoms with Gasteiger partial charge in [0.05, 0.1) is 6.10 Å². The maximum atomic E-state index is 12.5. The minimum atomic E-state index is -0.717. The maximum Gasteiger partial charge on any atom is 0.509 e. The van der Waals surface area contributed by atoms with Crippen molar-refractivity contribution in [2.24, 2.45) is 5.92 Å². The van der Waals surface area contributed by atoms with Crippen LogP contribution in [0, 0.1) is 5.92 Å². The van der Waals surface area contributed by atoms with Crippen molar-refractivity contribution >= 4 is 6.16 Å². The van der Waals surface area contributed by atoms with Crippen molar-refractivity contribution in [3.05, 3.63) is 29.8 Å². The van der Waals surface area contributed by atoms with Crippen molar-refractivity contribution in [1.82, 2.24) is 4.90 Å². The average molecular weight is 363 g/mol. The summed E-state index contributed by atoms with van der Waals surface area (Å²) in [6.07, 6.45) is 0.182. The number of hydrogen-bond donors (Lipinski definition) is 0. The van der Waals surface area contributed by atoms with E-state index in [0.717, 1.165) is 30.8 Å². The molecule has 0 bridgehead atoms. The second-order valence-electron chi connectivity index (χ2n) is 8.56. The number of nitrogens with zero attached hydrogens (tertiary/aromatic N) is 1. The molecule has 0 amide bonds. The summed E-state index contributed by atoms with van der Waals surface area (Å²) < 4.78 is 17.3. The van der Waals surface area contributed by atoms with E-state index >= 15 is 0 Å². The van der Waals surface area contributed by atoms with Crippen molar-refractivity contribution < 1.29 is 19.0 Å². The lowest BCUT2D eigenvalue weighted by molar-refractivity contribution is -0.116. The first-order valence-electron chi connectivity index (χ1n) is 9.39. The first-order chi connectivity index (χ1) is 12.0. The summed E-state index contributed by atoms with van der Waals surface area (Å²) in [5.41, 5.74) is -0.345. The molecule has 26 heavy (non-hydrogen) atoms. The summed E-state index contributed by atoms with van der Waals surface area (Å²) in [4.78, 5) is 14.8. The Hall–Kier alpha value is -1.75. The van der Waals surface area contributed by atoms with Crippen molar-refractivity contribution in [2.45, 2.75) is 65.3 Å². The minimum absolute atomic E-state index is 0.0860. The van der Waals surface area contributed by atoms with Crippen molar-refractivity contribution in [3.63, 3.8) is 0 Å². The van der Waals surface area contributed by atoms with E-state index in [4.69, 9.17) is 14.2 Å². The Morgan fingerprint density at radius 2 is 2.00 bits per heavy atom. The molecule has 1 saturated heterocycles. The summed E-state index contributed by atoms with van der Waals surface area (Å²) >= 11 is 0. The fourth-order valence-corrected chi connectivity index (χ4v) is 3.47. The molecule has 0 aromatic heterocycles. The van der Waals surface area contributed by atoms with Gasteiger partial charge in [-0.1, -0.05) is 19.1 Å². The summed E-state index contributed by atoms with van der Waals surface area (Å²) in [6, 6.07) is 7.90. The first kappa shape index (κ1) is 20.6. The molecule has 1 aliphatic heterocycles. The van der Waals surface area contributed by atoms with Gasteiger partial charge in [0.15, 0.2) is 0 Å². The average Bonchev–Trinajstić information content (AvgIpc) is 2.48. The lowest BCUT2D eigenvalue weighted by Crippen LogP contribution is -2.50. The number of benzene rings is 1. The Kier molecular flexibility index (Phi) is 6.22. The van der Waals surface area contributed by atoms with E-state index in [-0.39, 0.29) is 12.0 Å². The highest BCUT2D eigenvalue weighted by Gasteiger charge is 2.46. The lowest BCUT2D eigenvalue weighted by Gasteiger charge is -2.45. The zero-order chi connectivity index (χ0) is 19.5. The Balaban J connectivity index is 2.37. The fourth-order valence-electron chi connectivity index (χ4n) is 3.47. The molecule has 2 rings (SSSR count). The third-order valence-corrected chi connectivity index (χ3v) is 4.60. The van der Waals surface area contributed by atoms with E-state index in [2.05, 4.69) is 18.9 Å². The van der Waals surface area contributed by atoms with E-state index in [1.54, 1.807) is 0 Å². The van der Waals surface area contributed by atoms with Crippen LogP contribution in [0.5, 0.6) is 5.75 Å². The predicted molar refractivity (Wildman–Crippen MR) is 102 cm³/mol. The van der Waals surface area contributed by atoms with E-state index in [1.807, 2.05) is 58.9 Å². The van der Waals surface area contributed by atoms with Gasteiger partial charge < -0.3 is 19.1 Å². The van der Waals surface area contributed by atoms with Gasteiger partial charge in [0.1, 0.15) is 17.0 Å². The maximum absolute atomic E-state index is 12.5. The highest BCUT2D eigenvalue weighted by atomic mass is 16.7. The van der Waals surface area contributed by atoms with Crippen LogP contribution in [0.25, 0.3) is 0 Å². The standard InChI is InChI=1S/C21H33NO4/c1-15(2)24-18-10-8-9-17(13-18)21(11-12-22(7)14-16(21)3)26-19(23)25-20(4,5)6/h8-10,13,15-16H,11-12,14H2,1-7H3. The van der Waals surface area contributed by atoms with E-state index in [9.17, 15) is 4.79 Å². The molecule has 0 saturated carbocycles. The van der Waals surface area contributed by atoms with Gasteiger partial charge in [-0.05, 0) is 59.4 Å². The van der Waals surface area contributed by atoms with Gasteiger partial charge in [-0.25, -0.2) is 4.79 Å². The van der Waals surface area contributed by atoms with Gasteiger partial charge in [-0.3, -0.25) is 0 Å². The van der Waals surface area contributed by atoms with Crippen LogP contribution in [0.3, 0.4) is 0 Å². The predicted octanol–water partition coefficient (Wildman–Crippen LogP) is 4.59. The quantitative estimate of drug-likeness (QED) is 0.732. The molecule has 1 aromatic carbocycles. The molecule has 1 aliphatic rings. The first-order valence-corrected chi connectivity index (χ1v) is 9.39. The molecule has 0 spiro atoms. The topological polar surface area (TPSA) is 48.0 Å². The molecule has 146 valence electrons. The SMILES string of the molecule is CC(C)Oc1cccc(C2(OC(=O)OC(C)(C)C)CCN(C)CC2C)c1. The Bertz CT molecular complexity index is 623. The minimum Gasteiger partial charge on any atom is -0.491 e. The number of rotatable bonds is 4. The molecule has 5 nitrogen and oxygen atoms in total. The highest BCUT2D eigenvalue weighted by Crippen LogP contribution is 2.42. The van der Waals surface area contributed by atoms with Gasteiger partial charge in [0, 0.05) is 25.4 Å². The van der Waals surface area contributed by atoms with Gasteiger partial charge >= 0.3 is 6.16 Å². The normalized spacial score (nSPS) is 24.4. The van der Waals surface area contributed by atoms with Gasteiger partial charge in [0.25, 0.3) is 0 Å². The zero-order valence-corrected chi connectivity index (χ0v) is 17.2. The lowest BCUT2D eigenvalue weighted by atomic mass is 9.76. The summed E-state index contributed by atoms with van der Waals surface area (Å²) in [5, 5.41) is 0. The van der Waals surface area contributed by atoms with Crippen LogP contribution in [0.2, 0.25) is 0 Å². The number of hydrogen-bond acceptors (Lipinski definition) is 5. The van der Waals surface area contributed by atoms with Crippen LogP contribution in [0.15, 0.2) is 24.3 Å². The number of carbonyl (C=O) groups is 1. The monoisotopic (exact) mass is 363 g/mol. The van der Waals surface area contributed by atoms with Crippen molar-refractivity contribution in [3.8, 4) is 5.75 Å². The molecule has 0 aliphatic carbocycles. The van der Waals surface area contributed by atoms with E-state index in [1.165, 1.54) is 0 Å². The van der Waals surface area contributed by atoms with Crippen LogP contribution in [0.4, 0.5) is 4.79 Å².